The Morgan fingerprint density at radius 1 is 0.951 bits per heavy atom. The number of amides is 2. The van der Waals surface area contributed by atoms with E-state index in [-0.39, 0.29) is 36.3 Å². The van der Waals surface area contributed by atoms with Gasteiger partial charge in [0.25, 0.3) is 17.4 Å². The van der Waals surface area contributed by atoms with Crippen molar-refractivity contribution in [2.24, 2.45) is 5.73 Å². The standard InChI is InChI=1S/C32H36ClN5O3/c1-20-7-9-24(10-8-20)30(39)37(14-6-13-34)28(32(41)36(4)5)29-35-27-18-25(33)11-12-26(27)31(40)38(29)19-23-16-21(2)15-22(3)17-23/h7-12,15-18,28H,6,13-14,19,34H2,1-5H3. The molecule has 2 amide bonds. The summed E-state index contributed by atoms with van der Waals surface area (Å²) in [6, 6.07) is 16.9. The second-order valence-corrected chi connectivity index (χ2v) is 11.1. The first-order chi connectivity index (χ1) is 19.5. The molecule has 0 spiro atoms. The van der Waals surface area contributed by atoms with Gasteiger partial charge >= 0.3 is 0 Å². The molecule has 0 aliphatic rings. The van der Waals surface area contributed by atoms with Crippen molar-refractivity contribution in [2.75, 3.05) is 27.2 Å². The summed E-state index contributed by atoms with van der Waals surface area (Å²) in [6.45, 7) is 6.61. The molecular weight excluding hydrogens is 538 g/mol. The van der Waals surface area contributed by atoms with Crippen LogP contribution in [0.25, 0.3) is 10.9 Å². The average molecular weight is 574 g/mol. The summed E-state index contributed by atoms with van der Waals surface area (Å²) in [6.07, 6.45) is 0.454. The Bertz CT molecular complexity index is 1630. The zero-order chi connectivity index (χ0) is 29.8. The molecule has 0 saturated heterocycles. The van der Waals surface area contributed by atoms with E-state index in [0.29, 0.717) is 34.5 Å². The zero-order valence-electron chi connectivity index (χ0n) is 24.1. The van der Waals surface area contributed by atoms with Gasteiger partial charge in [0.15, 0.2) is 6.04 Å². The van der Waals surface area contributed by atoms with Gasteiger partial charge in [0.1, 0.15) is 5.82 Å². The molecule has 9 heteroatoms. The highest BCUT2D eigenvalue weighted by Crippen LogP contribution is 2.27. The number of nitrogens with two attached hydrogens (primary N) is 1. The van der Waals surface area contributed by atoms with Crippen LogP contribution in [0, 0.1) is 20.8 Å². The zero-order valence-corrected chi connectivity index (χ0v) is 24.9. The van der Waals surface area contributed by atoms with E-state index in [2.05, 4.69) is 6.07 Å². The van der Waals surface area contributed by atoms with Gasteiger partial charge in [0.05, 0.1) is 17.4 Å². The Kier molecular flexibility index (Phi) is 9.25. The number of hydrogen-bond acceptors (Lipinski definition) is 5. The van der Waals surface area contributed by atoms with Crippen molar-refractivity contribution in [2.45, 2.75) is 39.8 Å². The van der Waals surface area contributed by atoms with Crippen LogP contribution >= 0.6 is 11.6 Å². The van der Waals surface area contributed by atoms with Crippen molar-refractivity contribution in [3.8, 4) is 0 Å². The van der Waals surface area contributed by atoms with Crippen LogP contribution < -0.4 is 11.3 Å². The molecule has 3 aromatic carbocycles. The molecular formula is C32H36ClN5O3. The molecule has 0 saturated carbocycles. The fraction of sp³-hybridized carbons (Fsp3) is 0.312. The molecule has 0 aliphatic heterocycles. The van der Waals surface area contributed by atoms with Crippen LogP contribution in [-0.2, 0) is 11.3 Å². The lowest BCUT2D eigenvalue weighted by atomic mass is 10.1. The van der Waals surface area contributed by atoms with Gasteiger partial charge in [-0.25, -0.2) is 4.98 Å². The minimum absolute atomic E-state index is 0.167. The van der Waals surface area contributed by atoms with E-state index < -0.39 is 6.04 Å². The normalized spacial score (nSPS) is 11.9. The molecule has 0 bridgehead atoms. The third-order valence-corrected chi connectivity index (χ3v) is 7.20. The number of rotatable bonds is 9. The number of hydrogen-bond donors (Lipinski definition) is 1. The maximum Gasteiger partial charge on any atom is 0.261 e. The SMILES string of the molecule is Cc1ccc(C(=O)N(CCCN)C(C(=O)N(C)C)c2nc3cc(Cl)ccc3c(=O)n2Cc2cc(C)cc(C)c2)cc1. The predicted octanol–water partition coefficient (Wildman–Crippen LogP) is 4.64. The van der Waals surface area contributed by atoms with Crippen LogP contribution in [-0.4, -0.2) is 58.4 Å². The number of carbonyl (C=O) groups is 2. The number of likely N-dealkylation sites (N-methyl/N-ethyl adjacent to an activating group) is 1. The van der Waals surface area contributed by atoms with Gasteiger partial charge in [-0.3, -0.25) is 19.0 Å². The van der Waals surface area contributed by atoms with Gasteiger partial charge in [0, 0.05) is 31.2 Å². The number of benzene rings is 3. The van der Waals surface area contributed by atoms with E-state index in [9.17, 15) is 14.4 Å². The molecule has 2 N–H and O–H groups in total. The molecule has 0 aliphatic carbocycles. The van der Waals surface area contributed by atoms with E-state index in [4.69, 9.17) is 22.3 Å². The van der Waals surface area contributed by atoms with Gasteiger partial charge in [-0.15, -0.1) is 0 Å². The molecule has 1 atom stereocenters. The molecule has 1 unspecified atom stereocenters. The topological polar surface area (TPSA) is 102 Å². The van der Waals surface area contributed by atoms with Crippen LogP contribution in [0.4, 0.5) is 0 Å². The molecule has 41 heavy (non-hydrogen) atoms. The first-order valence-corrected chi connectivity index (χ1v) is 13.9. The molecule has 0 radical (unpaired) electrons. The number of aromatic nitrogens is 2. The van der Waals surface area contributed by atoms with E-state index in [1.807, 2.05) is 45.0 Å². The second-order valence-electron chi connectivity index (χ2n) is 10.7. The monoisotopic (exact) mass is 573 g/mol. The fourth-order valence-electron chi connectivity index (χ4n) is 5.01. The highest BCUT2D eigenvalue weighted by atomic mass is 35.5. The minimum Gasteiger partial charge on any atom is -0.347 e. The van der Waals surface area contributed by atoms with Gasteiger partial charge in [-0.1, -0.05) is 58.6 Å². The molecule has 4 rings (SSSR count). The number of aryl methyl sites for hydroxylation is 3. The van der Waals surface area contributed by atoms with Crippen LogP contribution in [0.3, 0.4) is 0 Å². The third kappa shape index (κ3) is 6.66. The average Bonchev–Trinajstić information content (AvgIpc) is 2.91. The maximum absolute atomic E-state index is 14.1. The van der Waals surface area contributed by atoms with Gasteiger partial charge < -0.3 is 15.5 Å². The Labute approximate surface area is 245 Å². The van der Waals surface area contributed by atoms with E-state index in [1.165, 1.54) is 14.4 Å². The van der Waals surface area contributed by atoms with Gasteiger partial charge in [0.2, 0.25) is 0 Å². The van der Waals surface area contributed by atoms with Crippen molar-refractivity contribution >= 4 is 34.3 Å². The molecule has 214 valence electrons. The minimum atomic E-state index is -1.19. The Hall–Kier alpha value is -4.01. The van der Waals surface area contributed by atoms with Crippen molar-refractivity contribution in [3.63, 3.8) is 0 Å². The van der Waals surface area contributed by atoms with Gasteiger partial charge in [-0.05, 0) is 69.6 Å². The lowest BCUT2D eigenvalue weighted by Gasteiger charge is -2.33. The highest BCUT2D eigenvalue weighted by molar-refractivity contribution is 6.31. The number of halogens is 1. The van der Waals surface area contributed by atoms with Crippen molar-refractivity contribution < 1.29 is 9.59 Å². The molecule has 1 heterocycles. The predicted molar refractivity (Wildman–Crippen MR) is 163 cm³/mol. The smallest absolute Gasteiger partial charge is 0.261 e. The molecule has 8 nitrogen and oxygen atoms in total. The second kappa shape index (κ2) is 12.7. The van der Waals surface area contributed by atoms with Crippen LogP contribution in [0.2, 0.25) is 5.02 Å². The Morgan fingerprint density at radius 2 is 1.61 bits per heavy atom. The lowest BCUT2D eigenvalue weighted by molar-refractivity contribution is -0.134. The van der Waals surface area contributed by atoms with Gasteiger partial charge in [-0.2, -0.15) is 0 Å². The lowest BCUT2D eigenvalue weighted by Crippen LogP contribution is -2.47. The summed E-state index contributed by atoms with van der Waals surface area (Å²) >= 11 is 6.29. The van der Waals surface area contributed by atoms with Crippen molar-refractivity contribution in [3.05, 3.63) is 110 Å². The van der Waals surface area contributed by atoms with E-state index in [0.717, 1.165) is 22.3 Å². The largest absolute Gasteiger partial charge is 0.347 e. The van der Waals surface area contributed by atoms with Crippen molar-refractivity contribution in [1.82, 2.24) is 19.4 Å². The molecule has 0 fully saturated rings. The van der Waals surface area contributed by atoms with Crippen molar-refractivity contribution in [1.29, 1.82) is 0 Å². The molecule has 4 aromatic rings. The number of nitrogens with zero attached hydrogens (tertiary/aromatic N) is 4. The Morgan fingerprint density at radius 3 is 2.22 bits per heavy atom. The highest BCUT2D eigenvalue weighted by Gasteiger charge is 2.36. The first kappa shape index (κ1) is 30.0. The number of fused-ring (bicyclic) bond motifs is 1. The first-order valence-electron chi connectivity index (χ1n) is 13.6. The summed E-state index contributed by atoms with van der Waals surface area (Å²) in [5, 5.41) is 0.783. The molecule has 1 aromatic heterocycles. The van der Waals surface area contributed by atoms with E-state index in [1.54, 1.807) is 44.4 Å². The Balaban J connectivity index is 2.01. The quantitative estimate of drug-likeness (QED) is 0.314. The summed E-state index contributed by atoms with van der Waals surface area (Å²) < 4.78 is 1.51. The summed E-state index contributed by atoms with van der Waals surface area (Å²) in [7, 11) is 3.24. The summed E-state index contributed by atoms with van der Waals surface area (Å²) in [5.41, 5.74) is 10.3. The summed E-state index contributed by atoms with van der Waals surface area (Å²) in [4.78, 5) is 49.9. The van der Waals surface area contributed by atoms with Crippen LogP contribution in [0.15, 0.2) is 65.5 Å². The maximum atomic E-state index is 14.1. The summed E-state index contributed by atoms with van der Waals surface area (Å²) in [5.74, 6) is -0.568. The fourth-order valence-corrected chi connectivity index (χ4v) is 5.18. The van der Waals surface area contributed by atoms with E-state index >= 15 is 0 Å². The third-order valence-electron chi connectivity index (χ3n) is 6.96. The number of carbonyl (C=O) groups excluding carboxylic acids is 2. The van der Waals surface area contributed by atoms with Crippen LogP contribution in [0.5, 0.6) is 0 Å². The van der Waals surface area contributed by atoms with Crippen LogP contribution in [0.1, 0.15) is 50.9 Å².